The van der Waals surface area contributed by atoms with Gasteiger partial charge < -0.3 is 15.1 Å². The summed E-state index contributed by atoms with van der Waals surface area (Å²) < 4.78 is 0. The molecular weight excluding hydrogens is 370 g/mol. The number of hydrogen-bond acceptors (Lipinski definition) is 3. The molecular formula is C26H35N3O. The number of rotatable bonds is 7. The van der Waals surface area contributed by atoms with E-state index in [4.69, 9.17) is 0 Å². The SMILES string of the molecule is O=C(NCCCN1CCC(N2CCCCC2)CC1)c1ccccc1-c1ccccc1. The zero-order valence-corrected chi connectivity index (χ0v) is 18.1. The van der Waals surface area contributed by atoms with Crippen LogP contribution in [-0.4, -0.2) is 61.0 Å². The third kappa shape index (κ3) is 5.50. The first kappa shape index (κ1) is 21.1. The Bertz CT molecular complexity index is 793. The van der Waals surface area contributed by atoms with Gasteiger partial charge >= 0.3 is 0 Å². The molecule has 0 spiro atoms. The molecule has 2 aromatic carbocycles. The molecule has 0 atom stereocenters. The minimum atomic E-state index is 0.0262. The van der Waals surface area contributed by atoms with E-state index in [9.17, 15) is 4.79 Å². The van der Waals surface area contributed by atoms with Crippen molar-refractivity contribution in [1.29, 1.82) is 0 Å². The van der Waals surface area contributed by atoms with E-state index in [1.54, 1.807) is 0 Å². The Labute approximate surface area is 181 Å². The molecule has 0 aliphatic carbocycles. The number of amides is 1. The van der Waals surface area contributed by atoms with Gasteiger partial charge in [0, 0.05) is 18.2 Å². The Kier molecular flexibility index (Phi) is 7.54. The van der Waals surface area contributed by atoms with Gasteiger partial charge in [-0.25, -0.2) is 0 Å². The van der Waals surface area contributed by atoms with E-state index in [0.717, 1.165) is 42.2 Å². The lowest BCUT2D eigenvalue weighted by Gasteiger charge is -2.40. The Morgan fingerprint density at radius 2 is 1.57 bits per heavy atom. The largest absolute Gasteiger partial charge is 0.352 e. The monoisotopic (exact) mass is 405 g/mol. The second-order valence-corrected chi connectivity index (χ2v) is 8.69. The minimum Gasteiger partial charge on any atom is -0.352 e. The maximum Gasteiger partial charge on any atom is 0.251 e. The maximum absolute atomic E-state index is 12.8. The van der Waals surface area contributed by atoms with Gasteiger partial charge in [0.15, 0.2) is 0 Å². The predicted octanol–water partition coefficient (Wildman–Crippen LogP) is 4.42. The van der Waals surface area contributed by atoms with Gasteiger partial charge in [0.1, 0.15) is 0 Å². The van der Waals surface area contributed by atoms with Gasteiger partial charge in [-0.1, -0.05) is 55.0 Å². The first-order valence-corrected chi connectivity index (χ1v) is 11.7. The molecule has 2 aliphatic heterocycles. The molecule has 4 heteroatoms. The Balaban J connectivity index is 1.20. The number of nitrogens with zero attached hydrogens (tertiary/aromatic N) is 2. The quantitative estimate of drug-likeness (QED) is 0.693. The molecule has 2 fully saturated rings. The van der Waals surface area contributed by atoms with Crippen molar-refractivity contribution in [2.24, 2.45) is 0 Å². The summed E-state index contributed by atoms with van der Waals surface area (Å²) in [5.41, 5.74) is 2.83. The number of carbonyl (C=O) groups excluding carboxylic acids is 1. The summed E-state index contributed by atoms with van der Waals surface area (Å²) in [6, 6.07) is 18.8. The molecule has 1 N–H and O–H groups in total. The predicted molar refractivity (Wildman–Crippen MR) is 124 cm³/mol. The van der Waals surface area contributed by atoms with E-state index in [1.807, 2.05) is 42.5 Å². The molecule has 160 valence electrons. The van der Waals surface area contributed by atoms with Gasteiger partial charge in [0.05, 0.1) is 0 Å². The van der Waals surface area contributed by atoms with Crippen molar-refractivity contribution in [3.05, 3.63) is 60.2 Å². The van der Waals surface area contributed by atoms with Gasteiger partial charge in [0.2, 0.25) is 0 Å². The van der Waals surface area contributed by atoms with Crippen molar-refractivity contribution in [2.75, 3.05) is 39.3 Å². The summed E-state index contributed by atoms with van der Waals surface area (Å²) in [7, 11) is 0. The second kappa shape index (κ2) is 10.7. The number of piperidine rings is 2. The van der Waals surface area contributed by atoms with Crippen molar-refractivity contribution in [3.63, 3.8) is 0 Å². The molecule has 2 aliphatic rings. The van der Waals surface area contributed by atoms with Gasteiger partial charge in [-0.05, 0) is 82.0 Å². The van der Waals surface area contributed by atoms with Crippen LogP contribution in [-0.2, 0) is 0 Å². The second-order valence-electron chi connectivity index (χ2n) is 8.69. The van der Waals surface area contributed by atoms with E-state index in [-0.39, 0.29) is 5.91 Å². The van der Waals surface area contributed by atoms with E-state index in [0.29, 0.717) is 0 Å². The molecule has 2 heterocycles. The highest BCUT2D eigenvalue weighted by Gasteiger charge is 2.25. The van der Waals surface area contributed by atoms with Crippen LogP contribution in [0.25, 0.3) is 11.1 Å². The van der Waals surface area contributed by atoms with Crippen LogP contribution in [0.1, 0.15) is 48.9 Å². The van der Waals surface area contributed by atoms with Crippen LogP contribution in [0.15, 0.2) is 54.6 Å². The van der Waals surface area contributed by atoms with Gasteiger partial charge in [-0.15, -0.1) is 0 Å². The van der Waals surface area contributed by atoms with Crippen LogP contribution in [0.2, 0.25) is 0 Å². The summed E-state index contributed by atoms with van der Waals surface area (Å²) in [5, 5.41) is 3.14. The maximum atomic E-state index is 12.8. The third-order valence-electron chi connectivity index (χ3n) is 6.66. The fourth-order valence-electron chi connectivity index (χ4n) is 4.94. The van der Waals surface area contributed by atoms with Crippen LogP contribution < -0.4 is 5.32 Å². The van der Waals surface area contributed by atoms with Gasteiger partial charge in [-0.2, -0.15) is 0 Å². The molecule has 0 saturated carbocycles. The molecule has 4 nitrogen and oxygen atoms in total. The lowest BCUT2D eigenvalue weighted by atomic mass is 9.99. The highest BCUT2D eigenvalue weighted by Crippen LogP contribution is 2.23. The van der Waals surface area contributed by atoms with Gasteiger partial charge in [-0.3, -0.25) is 4.79 Å². The highest BCUT2D eigenvalue weighted by atomic mass is 16.1. The molecule has 0 radical (unpaired) electrons. The Morgan fingerprint density at radius 1 is 0.867 bits per heavy atom. The summed E-state index contributed by atoms with van der Waals surface area (Å²) in [4.78, 5) is 18.1. The normalized spacial score (nSPS) is 18.9. The zero-order valence-electron chi connectivity index (χ0n) is 18.1. The van der Waals surface area contributed by atoms with Crippen molar-refractivity contribution in [1.82, 2.24) is 15.1 Å². The molecule has 0 aromatic heterocycles. The molecule has 0 bridgehead atoms. The van der Waals surface area contributed by atoms with Crippen molar-refractivity contribution >= 4 is 5.91 Å². The van der Waals surface area contributed by atoms with Crippen LogP contribution >= 0.6 is 0 Å². The standard InChI is InChI=1S/C26H35N3O/c30-26(25-13-6-5-12-24(25)22-10-3-1-4-11-22)27-16-9-17-28-20-14-23(15-21-28)29-18-7-2-8-19-29/h1,3-6,10-13,23H,2,7-9,14-21H2,(H,27,30). The average molecular weight is 406 g/mol. The molecule has 0 unspecified atom stereocenters. The number of carbonyl (C=O) groups is 1. The first-order valence-electron chi connectivity index (χ1n) is 11.7. The minimum absolute atomic E-state index is 0.0262. The van der Waals surface area contributed by atoms with E-state index in [1.165, 1.54) is 58.3 Å². The van der Waals surface area contributed by atoms with Crippen LogP contribution in [0.5, 0.6) is 0 Å². The zero-order chi connectivity index (χ0) is 20.6. The molecule has 4 rings (SSSR count). The van der Waals surface area contributed by atoms with Crippen LogP contribution in [0.3, 0.4) is 0 Å². The topological polar surface area (TPSA) is 35.6 Å². The molecule has 2 aromatic rings. The lowest BCUT2D eigenvalue weighted by Crippen LogP contribution is -2.47. The Hall–Kier alpha value is -2.17. The van der Waals surface area contributed by atoms with Crippen LogP contribution in [0, 0.1) is 0 Å². The smallest absolute Gasteiger partial charge is 0.251 e. The Morgan fingerprint density at radius 3 is 2.33 bits per heavy atom. The van der Waals surface area contributed by atoms with Gasteiger partial charge in [0.25, 0.3) is 5.91 Å². The van der Waals surface area contributed by atoms with E-state index < -0.39 is 0 Å². The summed E-state index contributed by atoms with van der Waals surface area (Å²) in [6.07, 6.45) is 7.79. The molecule has 2 saturated heterocycles. The van der Waals surface area contributed by atoms with Crippen LogP contribution in [0.4, 0.5) is 0 Å². The average Bonchev–Trinajstić information content (AvgIpc) is 2.83. The van der Waals surface area contributed by atoms with E-state index >= 15 is 0 Å². The first-order chi connectivity index (χ1) is 14.8. The number of hydrogen-bond donors (Lipinski definition) is 1. The van der Waals surface area contributed by atoms with Crippen molar-refractivity contribution in [2.45, 2.75) is 44.6 Å². The third-order valence-corrected chi connectivity index (χ3v) is 6.66. The number of likely N-dealkylation sites (tertiary alicyclic amines) is 2. The lowest BCUT2D eigenvalue weighted by molar-refractivity contribution is 0.0903. The fourth-order valence-corrected chi connectivity index (χ4v) is 4.94. The summed E-state index contributed by atoms with van der Waals surface area (Å²) in [6.45, 7) is 6.82. The van der Waals surface area contributed by atoms with Crippen molar-refractivity contribution < 1.29 is 4.79 Å². The summed E-state index contributed by atoms with van der Waals surface area (Å²) in [5.74, 6) is 0.0262. The molecule has 1 amide bonds. The molecule has 30 heavy (non-hydrogen) atoms. The van der Waals surface area contributed by atoms with E-state index in [2.05, 4.69) is 27.2 Å². The van der Waals surface area contributed by atoms with Crippen molar-refractivity contribution in [3.8, 4) is 11.1 Å². The summed E-state index contributed by atoms with van der Waals surface area (Å²) >= 11 is 0. The number of nitrogens with one attached hydrogen (secondary N) is 1. The number of benzene rings is 2. The highest BCUT2D eigenvalue weighted by molar-refractivity contribution is 6.00. The fraction of sp³-hybridized carbons (Fsp3) is 0.500.